The molecule has 0 spiro atoms. The van der Waals surface area contributed by atoms with Gasteiger partial charge in [-0.25, -0.2) is 4.98 Å². The van der Waals surface area contributed by atoms with Crippen molar-refractivity contribution in [1.82, 2.24) is 14.9 Å². The topological polar surface area (TPSA) is 103 Å². The SMILES string of the molecule is COc1ccc(-c2cc(-c3c(O)c4ccccc4n(C)c3=O)nc(N3CCNCC3)c2C#N)cc1. The fourth-order valence-electron chi connectivity index (χ4n) is 4.58. The average molecular weight is 468 g/mol. The van der Waals surface area contributed by atoms with Gasteiger partial charge in [0.1, 0.15) is 34.5 Å². The standard InChI is InChI=1S/C27H25N5O3/c1-31-23-6-4-3-5-19(23)25(33)24(27(31)34)22-15-20(17-7-9-18(35-2)10-8-17)21(16-28)26(30-22)32-13-11-29-12-14-32/h3-10,15,29,33H,11-14H2,1-2H3. The lowest BCUT2D eigenvalue weighted by Gasteiger charge is -2.30. The van der Waals surface area contributed by atoms with E-state index in [0.717, 1.165) is 18.7 Å². The zero-order valence-electron chi connectivity index (χ0n) is 19.6. The number of hydrogen-bond acceptors (Lipinski definition) is 7. The lowest BCUT2D eigenvalue weighted by atomic mass is 9.97. The summed E-state index contributed by atoms with van der Waals surface area (Å²) in [5, 5.41) is 25.3. The summed E-state index contributed by atoms with van der Waals surface area (Å²) < 4.78 is 6.81. The molecule has 5 rings (SSSR count). The van der Waals surface area contributed by atoms with E-state index in [9.17, 15) is 15.2 Å². The number of pyridine rings is 2. The van der Waals surface area contributed by atoms with Crippen LogP contribution < -0.4 is 20.5 Å². The Hall–Kier alpha value is -4.35. The van der Waals surface area contributed by atoms with Crippen LogP contribution in [-0.2, 0) is 7.05 Å². The van der Waals surface area contributed by atoms with Crippen LogP contribution in [0.1, 0.15) is 5.56 Å². The van der Waals surface area contributed by atoms with Crippen molar-refractivity contribution in [3.8, 4) is 40.0 Å². The Bertz CT molecular complexity index is 1510. The number of nitrogens with one attached hydrogen (secondary N) is 1. The maximum atomic E-state index is 13.4. The zero-order valence-corrected chi connectivity index (χ0v) is 19.6. The van der Waals surface area contributed by atoms with Gasteiger partial charge in [0.05, 0.1) is 18.3 Å². The molecule has 0 unspecified atom stereocenters. The summed E-state index contributed by atoms with van der Waals surface area (Å²) in [4.78, 5) is 20.3. The van der Waals surface area contributed by atoms with Crippen molar-refractivity contribution in [2.45, 2.75) is 0 Å². The number of hydrogen-bond donors (Lipinski definition) is 2. The van der Waals surface area contributed by atoms with E-state index in [1.54, 1.807) is 32.4 Å². The Morgan fingerprint density at radius 3 is 2.51 bits per heavy atom. The minimum absolute atomic E-state index is 0.113. The molecule has 8 nitrogen and oxygen atoms in total. The van der Waals surface area contributed by atoms with Crippen molar-refractivity contribution in [3.05, 3.63) is 70.5 Å². The monoisotopic (exact) mass is 467 g/mol. The summed E-state index contributed by atoms with van der Waals surface area (Å²) in [5.41, 5.74) is 2.57. The van der Waals surface area contributed by atoms with Crippen molar-refractivity contribution in [2.24, 2.45) is 7.05 Å². The number of nitriles is 1. The molecule has 0 amide bonds. The lowest BCUT2D eigenvalue weighted by Crippen LogP contribution is -2.44. The molecule has 1 saturated heterocycles. The molecule has 1 aliphatic rings. The number of fused-ring (bicyclic) bond motifs is 1. The van der Waals surface area contributed by atoms with Crippen molar-refractivity contribution in [1.29, 1.82) is 5.26 Å². The molecule has 0 saturated carbocycles. The second-order valence-electron chi connectivity index (χ2n) is 8.44. The Morgan fingerprint density at radius 2 is 1.83 bits per heavy atom. The second-order valence-corrected chi connectivity index (χ2v) is 8.44. The number of para-hydroxylation sites is 1. The maximum absolute atomic E-state index is 13.4. The Labute approximate surface area is 202 Å². The molecule has 0 radical (unpaired) electrons. The van der Waals surface area contributed by atoms with Crippen molar-refractivity contribution in [2.75, 3.05) is 38.2 Å². The van der Waals surface area contributed by atoms with Gasteiger partial charge in [-0.1, -0.05) is 24.3 Å². The van der Waals surface area contributed by atoms with Crippen LogP contribution in [0.4, 0.5) is 5.82 Å². The van der Waals surface area contributed by atoms with E-state index >= 15 is 0 Å². The van der Waals surface area contributed by atoms with Gasteiger partial charge in [0.2, 0.25) is 0 Å². The van der Waals surface area contributed by atoms with E-state index in [-0.39, 0.29) is 16.9 Å². The lowest BCUT2D eigenvalue weighted by molar-refractivity contribution is 0.415. The van der Waals surface area contributed by atoms with Gasteiger partial charge in [-0.3, -0.25) is 4.79 Å². The van der Waals surface area contributed by atoms with E-state index in [4.69, 9.17) is 9.72 Å². The number of piperazine rings is 1. The highest BCUT2D eigenvalue weighted by Crippen LogP contribution is 2.38. The number of aryl methyl sites for hydroxylation is 1. The molecule has 35 heavy (non-hydrogen) atoms. The smallest absolute Gasteiger partial charge is 0.264 e. The summed E-state index contributed by atoms with van der Waals surface area (Å²) in [6, 6.07) is 18.7. The molecule has 2 aromatic carbocycles. The Kier molecular flexibility index (Phi) is 5.85. The second kappa shape index (κ2) is 9.12. The third kappa shape index (κ3) is 3.86. The molecule has 2 N–H and O–H groups in total. The third-order valence-electron chi connectivity index (χ3n) is 6.46. The highest BCUT2D eigenvalue weighted by Gasteiger charge is 2.24. The van der Waals surface area contributed by atoms with Crippen LogP contribution in [0.15, 0.2) is 59.4 Å². The van der Waals surface area contributed by atoms with E-state index < -0.39 is 0 Å². The molecule has 3 heterocycles. The van der Waals surface area contributed by atoms with Crippen LogP contribution >= 0.6 is 0 Å². The summed E-state index contributed by atoms with van der Waals surface area (Å²) >= 11 is 0. The Balaban J connectivity index is 1.82. The number of aromatic nitrogens is 2. The van der Waals surface area contributed by atoms with Gasteiger partial charge in [-0.05, 0) is 35.9 Å². The molecule has 0 aliphatic carbocycles. The average Bonchev–Trinajstić information content (AvgIpc) is 2.92. The highest BCUT2D eigenvalue weighted by molar-refractivity contribution is 5.93. The van der Waals surface area contributed by atoms with Crippen molar-refractivity contribution in [3.63, 3.8) is 0 Å². The van der Waals surface area contributed by atoms with Gasteiger partial charge in [0, 0.05) is 44.2 Å². The van der Waals surface area contributed by atoms with Gasteiger partial charge in [-0.15, -0.1) is 0 Å². The van der Waals surface area contributed by atoms with Gasteiger partial charge in [0.15, 0.2) is 0 Å². The van der Waals surface area contributed by atoms with Gasteiger partial charge < -0.3 is 24.6 Å². The molecule has 8 heteroatoms. The fraction of sp³-hybridized carbons (Fsp3) is 0.222. The van der Waals surface area contributed by atoms with Crippen LogP contribution in [0.25, 0.3) is 33.3 Å². The van der Waals surface area contributed by atoms with Gasteiger partial charge in [-0.2, -0.15) is 5.26 Å². The summed E-state index contributed by atoms with van der Waals surface area (Å²) in [5.74, 6) is 1.09. The molecule has 2 aromatic heterocycles. The van der Waals surface area contributed by atoms with Crippen LogP contribution in [0.2, 0.25) is 0 Å². The minimum Gasteiger partial charge on any atom is -0.506 e. The third-order valence-corrected chi connectivity index (χ3v) is 6.46. The van der Waals surface area contributed by atoms with Crippen LogP contribution in [0.3, 0.4) is 0 Å². The number of aromatic hydroxyl groups is 1. The van der Waals surface area contributed by atoms with E-state index in [1.807, 2.05) is 41.3 Å². The quantitative estimate of drug-likeness (QED) is 0.475. The van der Waals surface area contributed by atoms with E-state index in [0.29, 0.717) is 52.4 Å². The fourth-order valence-corrected chi connectivity index (χ4v) is 4.58. The largest absolute Gasteiger partial charge is 0.506 e. The normalized spacial score (nSPS) is 13.6. The zero-order chi connectivity index (χ0) is 24.5. The molecule has 176 valence electrons. The molecule has 0 bridgehead atoms. The summed E-state index contributed by atoms with van der Waals surface area (Å²) in [7, 11) is 3.28. The number of ether oxygens (including phenoxy) is 1. The number of rotatable bonds is 4. The van der Waals surface area contributed by atoms with Crippen molar-refractivity contribution < 1.29 is 9.84 Å². The van der Waals surface area contributed by atoms with Crippen LogP contribution in [0.5, 0.6) is 11.5 Å². The van der Waals surface area contributed by atoms with Crippen molar-refractivity contribution >= 4 is 16.7 Å². The minimum atomic E-state index is -0.356. The number of nitrogens with zero attached hydrogens (tertiary/aromatic N) is 4. The predicted molar refractivity (Wildman–Crippen MR) is 136 cm³/mol. The van der Waals surface area contributed by atoms with Gasteiger partial charge >= 0.3 is 0 Å². The predicted octanol–water partition coefficient (Wildman–Crippen LogP) is 3.26. The molecule has 1 aliphatic heterocycles. The molecular weight excluding hydrogens is 442 g/mol. The molecule has 0 atom stereocenters. The number of benzene rings is 2. The van der Waals surface area contributed by atoms with Crippen LogP contribution in [0, 0.1) is 11.3 Å². The summed E-state index contributed by atoms with van der Waals surface area (Å²) in [6.07, 6.45) is 0. The highest BCUT2D eigenvalue weighted by atomic mass is 16.5. The first-order chi connectivity index (χ1) is 17.0. The maximum Gasteiger partial charge on any atom is 0.264 e. The molecular formula is C27H25N5O3. The molecule has 4 aromatic rings. The van der Waals surface area contributed by atoms with E-state index in [1.165, 1.54) is 4.57 Å². The number of anilines is 1. The number of methoxy groups -OCH3 is 1. The van der Waals surface area contributed by atoms with Gasteiger partial charge in [0.25, 0.3) is 5.56 Å². The Morgan fingerprint density at radius 1 is 1.11 bits per heavy atom. The molecule has 1 fully saturated rings. The first kappa shape index (κ1) is 22.4. The van der Waals surface area contributed by atoms with E-state index in [2.05, 4.69) is 11.4 Å². The summed E-state index contributed by atoms with van der Waals surface area (Å²) in [6.45, 7) is 2.87. The first-order valence-corrected chi connectivity index (χ1v) is 11.4. The van der Waals surface area contributed by atoms with Crippen LogP contribution in [-0.4, -0.2) is 47.9 Å². The first-order valence-electron chi connectivity index (χ1n) is 11.4.